The normalized spacial score (nSPS) is 11.1. The summed E-state index contributed by atoms with van der Waals surface area (Å²) in [6.45, 7) is 7.35. The third-order valence-corrected chi connectivity index (χ3v) is 3.21. The van der Waals surface area contributed by atoms with Gasteiger partial charge in [0.05, 0.1) is 5.92 Å². The van der Waals surface area contributed by atoms with Crippen molar-refractivity contribution in [3.63, 3.8) is 0 Å². The maximum atomic E-state index is 11.7. The molecule has 0 aliphatic rings. The van der Waals surface area contributed by atoms with Crippen LogP contribution < -0.4 is 10.4 Å². The molecule has 1 aromatic heterocycles. The van der Waals surface area contributed by atoms with E-state index in [4.69, 9.17) is 9.15 Å². The van der Waals surface area contributed by atoms with Gasteiger partial charge in [0.2, 0.25) is 0 Å². The zero-order chi connectivity index (χ0) is 14.9. The van der Waals surface area contributed by atoms with Gasteiger partial charge in [0.25, 0.3) is 0 Å². The Morgan fingerprint density at radius 1 is 1.35 bits per heavy atom. The molecule has 1 heterocycles. The molecule has 0 bridgehead atoms. The van der Waals surface area contributed by atoms with Crippen LogP contribution in [0, 0.1) is 12.8 Å². The number of carbonyl (C=O) groups is 1. The second kappa shape index (κ2) is 5.49. The molecule has 0 N–H and O–H groups in total. The van der Waals surface area contributed by atoms with Crippen molar-refractivity contribution in [3.8, 4) is 5.75 Å². The summed E-state index contributed by atoms with van der Waals surface area (Å²) in [6, 6.07) is 5.03. The van der Waals surface area contributed by atoms with E-state index in [1.165, 1.54) is 6.07 Å². The molecule has 4 nitrogen and oxygen atoms in total. The Bertz CT molecular complexity index is 710. The van der Waals surface area contributed by atoms with Gasteiger partial charge in [0, 0.05) is 17.0 Å². The fourth-order valence-electron chi connectivity index (χ4n) is 2.08. The van der Waals surface area contributed by atoms with Crippen LogP contribution in [0.5, 0.6) is 5.75 Å². The van der Waals surface area contributed by atoms with E-state index in [1.807, 2.05) is 19.9 Å². The molecule has 4 heteroatoms. The van der Waals surface area contributed by atoms with Crippen LogP contribution in [0.1, 0.15) is 31.9 Å². The van der Waals surface area contributed by atoms with Crippen LogP contribution in [0.25, 0.3) is 11.0 Å². The topological polar surface area (TPSA) is 56.5 Å². The van der Waals surface area contributed by atoms with Crippen molar-refractivity contribution < 1.29 is 13.9 Å². The number of carbonyl (C=O) groups excluding carboxylic acids is 1. The van der Waals surface area contributed by atoms with E-state index in [0.717, 1.165) is 16.5 Å². The number of benzene rings is 1. The van der Waals surface area contributed by atoms with Crippen LogP contribution in [0.15, 0.2) is 27.4 Å². The van der Waals surface area contributed by atoms with Crippen LogP contribution in [0.2, 0.25) is 0 Å². The summed E-state index contributed by atoms with van der Waals surface area (Å²) in [5.74, 6) is -0.0404. The standard InChI is InChI=1S/C16H18O4/c1-5-11-13(19-16(18)9(2)3)7-6-12-10(4)8-14(17)20-15(11)12/h6-9H,5H2,1-4H3. The van der Waals surface area contributed by atoms with Gasteiger partial charge in [-0.1, -0.05) is 20.8 Å². The van der Waals surface area contributed by atoms with Crippen LogP contribution in [-0.4, -0.2) is 5.97 Å². The molecule has 0 saturated carbocycles. The average Bonchev–Trinajstić information content (AvgIpc) is 2.37. The molecule has 0 atom stereocenters. The van der Waals surface area contributed by atoms with Crippen LogP contribution in [0.3, 0.4) is 0 Å². The van der Waals surface area contributed by atoms with Crippen molar-refractivity contribution in [1.82, 2.24) is 0 Å². The molecule has 0 radical (unpaired) electrons. The number of hydrogen-bond acceptors (Lipinski definition) is 4. The molecule has 0 spiro atoms. The predicted molar refractivity (Wildman–Crippen MR) is 77.1 cm³/mol. The highest BCUT2D eigenvalue weighted by Crippen LogP contribution is 2.29. The number of ether oxygens (including phenoxy) is 1. The number of hydrogen-bond donors (Lipinski definition) is 0. The van der Waals surface area contributed by atoms with Crippen molar-refractivity contribution in [2.45, 2.75) is 34.1 Å². The zero-order valence-corrected chi connectivity index (χ0v) is 12.1. The summed E-state index contributed by atoms with van der Waals surface area (Å²) < 4.78 is 10.7. The zero-order valence-electron chi connectivity index (χ0n) is 12.1. The fourth-order valence-corrected chi connectivity index (χ4v) is 2.08. The maximum absolute atomic E-state index is 11.7. The first-order valence-electron chi connectivity index (χ1n) is 6.72. The SMILES string of the molecule is CCc1c(OC(=O)C(C)C)ccc2c(C)cc(=O)oc12. The number of aryl methyl sites for hydroxylation is 2. The molecular formula is C16H18O4. The second-order valence-electron chi connectivity index (χ2n) is 5.10. The molecule has 0 amide bonds. The highest BCUT2D eigenvalue weighted by Gasteiger charge is 2.16. The van der Waals surface area contributed by atoms with Crippen LogP contribution in [-0.2, 0) is 11.2 Å². The van der Waals surface area contributed by atoms with Crippen LogP contribution >= 0.6 is 0 Å². The van der Waals surface area contributed by atoms with E-state index in [1.54, 1.807) is 19.9 Å². The molecule has 20 heavy (non-hydrogen) atoms. The molecule has 0 fully saturated rings. The van der Waals surface area contributed by atoms with Gasteiger partial charge in [-0.15, -0.1) is 0 Å². The Kier molecular flexibility index (Phi) is 3.93. The highest BCUT2D eigenvalue weighted by atomic mass is 16.5. The van der Waals surface area contributed by atoms with E-state index in [9.17, 15) is 9.59 Å². The summed E-state index contributed by atoms with van der Waals surface area (Å²) in [4.78, 5) is 23.3. The van der Waals surface area contributed by atoms with Gasteiger partial charge in [-0.05, 0) is 31.0 Å². The van der Waals surface area contributed by atoms with Gasteiger partial charge in [-0.3, -0.25) is 4.79 Å². The largest absolute Gasteiger partial charge is 0.426 e. The first-order valence-corrected chi connectivity index (χ1v) is 6.72. The summed E-state index contributed by atoms with van der Waals surface area (Å²) in [7, 11) is 0. The third-order valence-electron chi connectivity index (χ3n) is 3.21. The van der Waals surface area contributed by atoms with Gasteiger partial charge >= 0.3 is 11.6 Å². The van der Waals surface area contributed by atoms with E-state index < -0.39 is 5.63 Å². The lowest BCUT2D eigenvalue weighted by molar-refractivity contribution is -0.137. The molecular weight excluding hydrogens is 256 g/mol. The first kappa shape index (κ1) is 14.3. The van der Waals surface area contributed by atoms with E-state index in [-0.39, 0.29) is 11.9 Å². The minimum absolute atomic E-state index is 0.208. The molecule has 0 aliphatic heterocycles. The summed E-state index contributed by atoms with van der Waals surface area (Å²) in [5.41, 5.74) is 1.72. The van der Waals surface area contributed by atoms with Gasteiger partial charge in [-0.2, -0.15) is 0 Å². The number of rotatable bonds is 3. The van der Waals surface area contributed by atoms with Crippen molar-refractivity contribution in [3.05, 3.63) is 39.7 Å². The number of fused-ring (bicyclic) bond motifs is 1. The Balaban J connectivity index is 2.63. The van der Waals surface area contributed by atoms with E-state index in [2.05, 4.69) is 0 Å². The summed E-state index contributed by atoms with van der Waals surface area (Å²) >= 11 is 0. The van der Waals surface area contributed by atoms with Crippen molar-refractivity contribution in [1.29, 1.82) is 0 Å². The molecule has 0 aliphatic carbocycles. The first-order chi connectivity index (χ1) is 9.43. The predicted octanol–water partition coefficient (Wildman–Crippen LogP) is 3.23. The maximum Gasteiger partial charge on any atom is 0.336 e. The summed E-state index contributed by atoms with van der Waals surface area (Å²) in [5, 5.41) is 0.866. The van der Waals surface area contributed by atoms with Gasteiger partial charge < -0.3 is 9.15 Å². The average molecular weight is 274 g/mol. The minimum Gasteiger partial charge on any atom is -0.426 e. The lowest BCUT2D eigenvalue weighted by Crippen LogP contribution is -2.16. The lowest BCUT2D eigenvalue weighted by Gasteiger charge is -2.12. The second-order valence-corrected chi connectivity index (χ2v) is 5.10. The molecule has 0 unspecified atom stereocenters. The molecule has 2 aromatic rings. The third kappa shape index (κ3) is 2.59. The Morgan fingerprint density at radius 2 is 2.05 bits per heavy atom. The van der Waals surface area contributed by atoms with Crippen molar-refractivity contribution in [2.75, 3.05) is 0 Å². The molecule has 2 rings (SSSR count). The Morgan fingerprint density at radius 3 is 2.65 bits per heavy atom. The summed E-state index contributed by atoms with van der Waals surface area (Å²) in [6.07, 6.45) is 0.616. The van der Waals surface area contributed by atoms with Gasteiger partial charge in [0.1, 0.15) is 11.3 Å². The molecule has 0 saturated heterocycles. The van der Waals surface area contributed by atoms with Gasteiger partial charge in [-0.25, -0.2) is 4.79 Å². The molecule has 106 valence electrons. The van der Waals surface area contributed by atoms with E-state index in [0.29, 0.717) is 17.8 Å². The minimum atomic E-state index is -0.392. The van der Waals surface area contributed by atoms with Crippen molar-refractivity contribution >= 4 is 16.9 Å². The van der Waals surface area contributed by atoms with Crippen LogP contribution in [0.4, 0.5) is 0 Å². The van der Waals surface area contributed by atoms with Crippen molar-refractivity contribution in [2.24, 2.45) is 5.92 Å². The number of esters is 1. The quantitative estimate of drug-likeness (QED) is 0.490. The Hall–Kier alpha value is -2.10. The lowest BCUT2D eigenvalue weighted by atomic mass is 10.0. The molecule has 1 aromatic carbocycles. The van der Waals surface area contributed by atoms with Gasteiger partial charge in [0.15, 0.2) is 0 Å². The highest BCUT2D eigenvalue weighted by molar-refractivity contribution is 5.86. The smallest absolute Gasteiger partial charge is 0.336 e. The van der Waals surface area contributed by atoms with E-state index >= 15 is 0 Å². The Labute approximate surface area is 117 Å². The fraction of sp³-hybridized carbons (Fsp3) is 0.375. The monoisotopic (exact) mass is 274 g/mol.